The van der Waals surface area contributed by atoms with Gasteiger partial charge in [-0.25, -0.2) is 0 Å². The first-order chi connectivity index (χ1) is 9.58. The highest BCUT2D eigenvalue weighted by Crippen LogP contribution is 2.19. The Kier molecular flexibility index (Phi) is 4.32. The van der Waals surface area contributed by atoms with Crippen molar-refractivity contribution in [3.05, 3.63) is 12.4 Å². The maximum atomic E-state index is 12.4. The number of nitrogens with one attached hydrogen (secondary N) is 1. The molecule has 7 nitrogen and oxygen atoms in total. The van der Waals surface area contributed by atoms with Crippen LogP contribution >= 0.6 is 0 Å². The van der Waals surface area contributed by atoms with Gasteiger partial charge in [0, 0.05) is 19.3 Å². The van der Waals surface area contributed by atoms with Crippen molar-refractivity contribution < 1.29 is 13.2 Å². The fourth-order valence-electron chi connectivity index (χ4n) is 2.28. The molecule has 0 bridgehead atoms. The van der Waals surface area contributed by atoms with Gasteiger partial charge >= 0.3 is 10.2 Å². The maximum Gasteiger partial charge on any atom is 0.301 e. The summed E-state index contributed by atoms with van der Waals surface area (Å²) in [4.78, 5) is 0. The molecule has 0 amide bonds. The fraction of sp³-hybridized carbons (Fsp3) is 0.769. The number of aromatic nitrogens is 2. The molecule has 1 N–H and O–H groups in total. The molecular weight excluding hydrogens is 292 g/mol. The van der Waals surface area contributed by atoms with Crippen molar-refractivity contribution >= 4 is 15.9 Å². The molecule has 0 unspecified atom stereocenters. The summed E-state index contributed by atoms with van der Waals surface area (Å²) in [5, 5.41) is 4.19. The van der Waals surface area contributed by atoms with E-state index in [1.54, 1.807) is 10.9 Å². The number of hydrogen-bond donors (Lipinski definition) is 1. The molecule has 8 heteroatoms. The summed E-state index contributed by atoms with van der Waals surface area (Å²) >= 11 is 0. The van der Waals surface area contributed by atoms with Crippen LogP contribution in [0.3, 0.4) is 0 Å². The van der Waals surface area contributed by atoms with Crippen LogP contribution < -0.4 is 4.72 Å². The van der Waals surface area contributed by atoms with E-state index in [0.29, 0.717) is 18.8 Å². The molecule has 2 atom stereocenters. The summed E-state index contributed by atoms with van der Waals surface area (Å²) in [7, 11) is -3.58. The molecule has 0 spiro atoms. The maximum absolute atomic E-state index is 12.4. The average Bonchev–Trinajstić information content (AvgIpc) is 2.75. The van der Waals surface area contributed by atoms with Gasteiger partial charge in [-0.3, -0.25) is 9.40 Å². The Bertz CT molecular complexity index is 581. The zero-order valence-corrected chi connectivity index (χ0v) is 14.0. The molecule has 2 rings (SSSR count). The molecule has 1 aromatic heterocycles. The molecule has 120 valence electrons. The summed E-state index contributed by atoms with van der Waals surface area (Å²) in [6, 6.07) is 0. The Morgan fingerprint density at radius 1 is 1.29 bits per heavy atom. The lowest BCUT2D eigenvalue weighted by atomic mass is 10.1. The van der Waals surface area contributed by atoms with Crippen molar-refractivity contribution in [3.63, 3.8) is 0 Å². The van der Waals surface area contributed by atoms with Gasteiger partial charge in [0.05, 0.1) is 29.6 Å². The standard InChI is InChI=1S/C13H24N4O3S/c1-10-7-16(8-11(2)20-10)21(18,19)15-12-6-14-17(9-12)13(3,4)5/h6,9-11,15H,7-8H2,1-5H3/t10-,11+. The van der Waals surface area contributed by atoms with Crippen molar-refractivity contribution in [1.82, 2.24) is 14.1 Å². The lowest BCUT2D eigenvalue weighted by molar-refractivity contribution is -0.0439. The van der Waals surface area contributed by atoms with Gasteiger partial charge in [-0.15, -0.1) is 0 Å². The van der Waals surface area contributed by atoms with Crippen molar-refractivity contribution in [2.75, 3.05) is 17.8 Å². The third-order valence-corrected chi connectivity index (χ3v) is 4.71. The molecule has 21 heavy (non-hydrogen) atoms. The lowest BCUT2D eigenvalue weighted by Gasteiger charge is -2.34. The second kappa shape index (κ2) is 5.58. The van der Waals surface area contributed by atoms with Crippen molar-refractivity contribution in [3.8, 4) is 0 Å². The molecule has 0 aliphatic carbocycles. The molecule has 0 radical (unpaired) electrons. The summed E-state index contributed by atoms with van der Waals surface area (Å²) in [5.41, 5.74) is 0.280. The van der Waals surface area contributed by atoms with Crippen LogP contribution in [0.15, 0.2) is 12.4 Å². The normalized spacial score (nSPS) is 25.0. The molecule has 2 heterocycles. The quantitative estimate of drug-likeness (QED) is 0.914. The number of nitrogens with zero attached hydrogens (tertiary/aromatic N) is 3. The molecular formula is C13H24N4O3S. The highest BCUT2D eigenvalue weighted by molar-refractivity contribution is 7.90. The molecule has 1 aromatic rings. The average molecular weight is 316 g/mol. The van der Waals surface area contributed by atoms with E-state index in [1.165, 1.54) is 10.5 Å². The summed E-state index contributed by atoms with van der Waals surface area (Å²) in [6.45, 7) is 10.5. The van der Waals surface area contributed by atoms with Crippen LogP contribution in [0, 0.1) is 0 Å². The van der Waals surface area contributed by atoms with Gasteiger partial charge in [-0.2, -0.15) is 17.8 Å². The van der Waals surface area contributed by atoms with Gasteiger partial charge in [0.2, 0.25) is 0 Å². The van der Waals surface area contributed by atoms with Crippen molar-refractivity contribution in [2.45, 2.75) is 52.4 Å². The van der Waals surface area contributed by atoms with Gasteiger partial charge in [0.15, 0.2) is 0 Å². The predicted octanol–water partition coefficient (Wildman–Crippen LogP) is 1.40. The fourth-order valence-corrected chi connectivity index (χ4v) is 3.63. The van der Waals surface area contributed by atoms with Gasteiger partial charge in [-0.1, -0.05) is 0 Å². The summed E-state index contributed by atoms with van der Waals surface area (Å²) in [6.07, 6.45) is 3.01. The minimum absolute atomic E-state index is 0.109. The Morgan fingerprint density at radius 3 is 2.33 bits per heavy atom. The Morgan fingerprint density at radius 2 is 1.86 bits per heavy atom. The third-order valence-electron chi connectivity index (χ3n) is 3.24. The topological polar surface area (TPSA) is 76.5 Å². The number of ether oxygens (including phenoxy) is 1. The molecule has 1 fully saturated rings. The Labute approximate surface area is 126 Å². The predicted molar refractivity (Wildman–Crippen MR) is 81.3 cm³/mol. The number of anilines is 1. The van der Waals surface area contributed by atoms with Crippen LogP contribution in [-0.4, -0.2) is 47.8 Å². The minimum Gasteiger partial charge on any atom is -0.373 e. The van der Waals surface area contributed by atoms with E-state index in [0.717, 1.165) is 0 Å². The first-order valence-corrected chi connectivity index (χ1v) is 8.50. The van der Waals surface area contributed by atoms with Crippen molar-refractivity contribution in [2.24, 2.45) is 0 Å². The molecule has 0 aromatic carbocycles. The van der Waals surface area contributed by atoms with E-state index in [1.807, 2.05) is 34.6 Å². The van der Waals surface area contributed by atoms with Gasteiger partial charge in [-0.05, 0) is 34.6 Å². The SMILES string of the molecule is C[C@@H]1CN(S(=O)(=O)Nc2cnn(C(C)(C)C)c2)C[C@H](C)O1. The zero-order valence-electron chi connectivity index (χ0n) is 13.2. The van der Waals surface area contributed by atoms with E-state index >= 15 is 0 Å². The smallest absolute Gasteiger partial charge is 0.301 e. The molecule has 0 saturated carbocycles. The van der Waals surface area contributed by atoms with E-state index in [4.69, 9.17) is 4.74 Å². The second-order valence-electron chi connectivity index (χ2n) is 6.53. The minimum atomic E-state index is -3.58. The molecule has 1 saturated heterocycles. The van der Waals surface area contributed by atoms with E-state index in [2.05, 4.69) is 9.82 Å². The van der Waals surface area contributed by atoms with E-state index in [9.17, 15) is 8.42 Å². The second-order valence-corrected chi connectivity index (χ2v) is 8.20. The Hall–Kier alpha value is -1.12. The Balaban J connectivity index is 2.12. The van der Waals surface area contributed by atoms with Gasteiger partial charge < -0.3 is 4.74 Å². The van der Waals surface area contributed by atoms with Crippen LogP contribution in [0.4, 0.5) is 5.69 Å². The molecule has 1 aliphatic rings. The number of morpholine rings is 1. The highest BCUT2D eigenvalue weighted by atomic mass is 32.2. The largest absolute Gasteiger partial charge is 0.373 e. The van der Waals surface area contributed by atoms with Crippen LogP contribution in [0.2, 0.25) is 0 Å². The zero-order chi connectivity index (χ0) is 15.8. The number of rotatable bonds is 3. The lowest BCUT2D eigenvalue weighted by Crippen LogP contribution is -2.49. The van der Waals surface area contributed by atoms with Crippen LogP contribution in [-0.2, 0) is 20.5 Å². The monoisotopic (exact) mass is 316 g/mol. The summed E-state index contributed by atoms with van der Waals surface area (Å²) in [5.74, 6) is 0. The van der Waals surface area contributed by atoms with Crippen LogP contribution in [0.25, 0.3) is 0 Å². The van der Waals surface area contributed by atoms with Crippen molar-refractivity contribution in [1.29, 1.82) is 0 Å². The third kappa shape index (κ3) is 3.96. The van der Waals surface area contributed by atoms with Crippen LogP contribution in [0.5, 0.6) is 0 Å². The van der Waals surface area contributed by atoms with Crippen LogP contribution in [0.1, 0.15) is 34.6 Å². The van der Waals surface area contributed by atoms with Gasteiger partial charge in [0.1, 0.15) is 0 Å². The highest BCUT2D eigenvalue weighted by Gasteiger charge is 2.31. The number of hydrogen-bond acceptors (Lipinski definition) is 4. The first-order valence-electron chi connectivity index (χ1n) is 7.06. The summed E-state index contributed by atoms with van der Waals surface area (Å²) < 4.78 is 36.1. The molecule has 1 aliphatic heterocycles. The first kappa shape index (κ1) is 16.3. The van der Waals surface area contributed by atoms with E-state index < -0.39 is 10.2 Å². The van der Waals surface area contributed by atoms with Gasteiger partial charge in [0.25, 0.3) is 0 Å². The van der Waals surface area contributed by atoms with E-state index in [-0.39, 0.29) is 17.7 Å².